The van der Waals surface area contributed by atoms with Gasteiger partial charge in [0.25, 0.3) is 5.91 Å². The zero-order valence-electron chi connectivity index (χ0n) is 22.0. The Labute approximate surface area is 262 Å². The van der Waals surface area contributed by atoms with Gasteiger partial charge in [0, 0.05) is 36.5 Å². The summed E-state index contributed by atoms with van der Waals surface area (Å²) in [7, 11) is 0. The van der Waals surface area contributed by atoms with E-state index in [9.17, 15) is 50.6 Å². The summed E-state index contributed by atoms with van der Waals surface area (Å²) in [5.74, 6) is -3.33. The smallest absolute Gasteiger partial charge is 0.416 e. The van der Waals surface area contributed by atoms with Crippen molar-refractivity contribution in [2.45, 2.75) is 18.8 Å². The third-order valence-electron chi connectivity index (χ3n) is 6.12. The van der Waals surface area contributed by atoms with Crippen molar-refractivity contribution in [3.8, 4) is 17.0 Å². The molecule has 0 unspecified atom stereocenters. The number of aromatic carboxylic acids is 1. The Bertz CT molecular complexity index is 1810. The van der Waals surface area contributed by atoms with E-state index in [0.717, 1.165) is 34.9 Å². The number of carbonyl (C=O) groups is 3. The Kier molecular flexibility index (Phi) is 9.37. The summed E-state index contributed by atoms with van der Waals surface area (Å²) in [6, 6.07) is 4.83. The van der Waals surface area contributed by atoms with Crippen molar-refractivity contribution in [2.24, 2.45) is 0 Å². The molecule has 2 aromatic carbocycles. The molecule has 1 aliphatic heterocycles. The van der Waals surface area contributed by atoms with Crippen LogP contribution in [0.3, 0.4) is 0 Å². The summed E-state index contributed by atoms with van der Waals surface area (Å²) in [5.41, 5.74) is -5.84. The number of benzene rings is 2. The lowest BCUT2D eigenvalue weighted by atomic mass is 10.0. The van der Waals surface area contributed by atoms with Crippen molar-refractivity contribution < 1.29 is 50.9 Å². The van der Waals surface area contributed by atoms with Gasteiger partial charge in [-0.3, -0.25) is 19.3 Å². The lowest BCUT2D eigenvalue weighted by Gasteiger charge is -2.15. The Morgan fingerprint density at radius 2 is 1.64 bits per heavy atom. The molecule has 2 amide bonds. The van der Waals surface area contributed by atoms with E-state index in [2.05, 4.69) is 10.3 Å². The van der Waals surface area contributed by atoms with Gasteiger partial charge >= 0.3 is 18.3 Å². The first-order chi connectivity index (χ1) is 20.8. The zero-order chi connectivity index (χ0) is 33.4. The molecular formula is C27H16ClF6N3O6S2. The first kappa shape index (κ1) is 33.5. The molecule has 0 bridgehead atoms. The van der Waals surface area contributed by atoms with Gasteiger partial charge in [-0.15, -0.1) is 0 Å². The van der Waals surface area contributed by atoms with Gasteiger partial charge in [0.1, 0.15) is 20.7 Å². The molecule has 9 nitrogen and oxygen atoms in total. The number of thiocarbonyl (C=S) groups is 1. The number of thioether (sulfide) groups is 1. The highest BCUT2D eigenvalue weighted by Crippen LogP contribution is 2.39. The third-order valence-corrected chi connectivity index (χ3v) is 7.89. The van der Waals surface area contributed by atoms with Crippen molar-refractivity contribution in [1.82, 2.24) is 9.88 Å². The first-order valence-electron chi connectivity index (χ1n) is 12.2. The number of aromatic nitrogens is 1. The molecule has 236 valence electrons. The van der Waals surface area contributed by atoms with Crippen LogP contribution in [0.5, 0.6) is 5.75 Å². The highest BCUT2D eigenvalue weighted by molar-refractivity contribution is 8.26. The number of pyridine rings is 1. The number of carboxylic acid groups (broad SMARTS) is 1. The minimum absolute atomic E-state index is 0.00942. The van der Waals surface area contributed by atoms with Crippen molar-refractivity contribution in [3.05, 3.63) is 85.0 Å². The van der Waals surface area contributed by atoms with Crippen LogP contribution in [0, 0.1) is 0 Å². The van der Waals surface area contributed by atoms with Crippen LogP contribution in [0.2, 0.25) is 5.02 Å². The van der Waals surface area contributed by atoms with E-state index in [1.807, 2.05) is 0 Å². The van der Waals surface area contributed by atoms with E-state index in [-0.39, 0.29) is 45.2 Å². The van der Waals surface area contributed by atoms with E-state index in [1.54, 1.807) is 0 Å². The quantitative estimate of drug-likeness (QED) is 0.127. The number of nitrogens with zero attached hydrogens (tertiary/aromatic N) is 1. The Morgan fingerprint density at radius 1 is 1.02 bits per heavy atom. The lowest BCUT2D eigenvalue weighted by Crippen LogP contribution is -2.31. The van der Waals surface area contributed by atoms with E-state index in [0.29, 0.717) is 18.2 Å². The van der Waals surface area contributed by atoms with Gasteiger partial charge in [-0.2, -0.15) is 26.3 Å². The van der Waals surface area contributed by atoms with Gasteiger partial charge in [0.05, 0.1) is 21.7 Å². The fraction of sp³-hybridized carbons (Fsp3) is 0.148. The molecule has 1 aliphatic rings. The number of hydrogen-bond donors (Lipinski definition) is 4. The van der Waals surface area contributed by atoms with Gasteiger partial charge in [-0.25, -0.2) is 4.79 Å². The Balaban J connectivity index is 1.57. The topological polar surface area (TPSA) is 140 Å². The summed E-state index contributed by atoms with van der Waals surface area (Å²) in [6.45, 7) is -0.234. The van der Waals surface area contributed by atoms with Gasteiger partial charge in [-0.05, 0) is 42.0 Å². The van der Waals surface area contributed by atoms with Crippen molar-refractivity contribution in [2.75, 3.05) is 11.9 Å². The van der Waals surface area contributed by atoms with E-state index in [4.69, 9.17) is 28.9 Å². The lowest BCUT2D eigenvalue weighted by molar-refractivity contribution is -0.143. The summed E-state index contributed by atoms with van der Waals surface area (Å²) in [4.78, 5) is 52.4. The van der Waals surface area contributed by atoms with Crippen LogP contribution in [0.4, 0.5) is 32.0 Å². The average molecular weight is 692 g/mol. The van der Waals surface area contributed by atoms with Gasteiger partial charge < -0.3 is 20.5 Å². The molecular weight excluding hydrogens is 676 g/mol. The minimum Gasteiger partial charge on any atom is -0.507 e. The summed E-state index contributed by atoms with van der Waals surface area (Å²) < 4.78 is 80.1. The number of carboxylic acids is 1. The Hall–Kier alpha value is -4.35. The number of aromatic hydroxyl groups is 1. The SMILES string of the molecule is O=C(CCN1C(=O)/C(=C/c2[nH]c(-c3cc(C(F)(F)F)cc(C(F)(F)F)c3)cc(=O)c2Cl)SC1=S)Nc1ccc(C(=O)O)c(O)c1. The van der Waals surface area contributed by atoms with Crippen LogP contribution in [0.25, 0.3) is 17.3 Å². The number of alkyl halides is 6. The number of hydrogen-bond acceptors (Lipinski definition) is 7. The Morgan fingerprint density at radius 3 is 2.20 bits per heavy atom. The van der Waals surface area contributed by atoms with Crippen LogP contribution >= 0.6 is 35.6 Å². The van der Waals surface area contributed by atoms with Crippen LogP contribution in [0.1, 0.15) is 33.6 Å². The number of rotatable bonds is 7. The number of H-pyrrole nitrogens is 1. The molecule has 0 spiro atoms. The number of phenols is 1. The summed E-state index contributed by atoms with van der Waals surface area (Å²) >= 11 is 12.0. The standard InChI is InChI=1S/C27H16ClF6N3O6S2/c28-22-17(36-16(9-19(22)39)11-5-12(26(29,30)31)7-13(6-11)27(32,33)34)10-20-23(41)37(25(44)45-20)4-3-21(40)35-14-1-2-15(24(42)43)18(38)8-14/h1-2,5-10,38H,3-4H2,(H,35,40)(H,36,39)(H,42,43)/b20-10-. The second-order valence-electron chi connectivity index (χ2n) is 9.24. The molecule has 4 N–H and O–H groups in total. The molecule has 4 rings (SSSR count). The second-order valence-corrected chi connectivity index (χ2v) is 11.3. The largest absolute Gasteiger partial charge is 0.507 e. The third kappa shape index (κ3) is 7.66. The van der Waals surface area contributed by atoms with Crippen LogP contribution < -0.4 is 10.7 Å². The number of anilines is 1. The molecule has 0 atom stereocenters. The molecule has 1 aromatic heterocycles. The van der Waals surface area contributed by atoms with E-state index < -0.39 is 68.7 Å². The maximum absolute atomic E-state index is 13.4. The average Bonchev–Trinajstić information content (AvgIpc) is 3.19. The van der Waals surface area contributed by atoms with Crippen LogP contribution in [-0.4, -0.2) is 48.7 Å². The normalized spacial score (nSPS) is 14.7. The predicted molar refractivity (Wildman–Crippen MR) is 156 cm³/mol. The minimum atomic E-state index is -5.14. The summed E-state index contributed by atoms with van der Waals surface area (Å²) in [5, 5.41) is 20.7. The molecule has 1 saturated heterocycles. The molecule has 1 fully saturated rings. The second kappa shape index (κ2) is 12.6. The van der Waals surface area contributed by atoms with Crippen molar-refractivity contribution in [1.29, 1.82) is 0 Å². The molecule has 45 heavy (non-hydrogen) atoms. The van der Waals surface area contributed by atoms with Crippen LogP contribution in [0.15, 0.2) is 52.2 Å². The van der Waals surface area contributed by atoms with Gasteiger partial charge in [0.15, 0.2) is 0 Å². The van der Waals surface area contributed by atoms with E-state index in [1.165, 1.54) is 6.07 Å². The van der Waals surface area contributed by atoms with E-state index >= 15 is 0 Å². The monoisotopic (exact) mass is 691 g/mol. The fourth-order valence-electron chi connectivity index (χ4n) is 3.98. The van der Waals surface area contributed by atoms with Crippen molar-refractivity contribution >= 4 is 69.4 Å². The number of amides is 2. The molecule has 0 saturated carbocycles. The molecule has 3 aromatic rings. The molecule has 0 radical (unpaired) electrons. The molecule has 0 aliphatic carbocycles. The zero-order valence-corrected chi connectivity index (χ0v) is 24.4. The number of nitrogens with one attached hydrogen (secondary N) is 2. The highest BCUT2D eigenvalue weighted by atomic mass is 35.5. The predicted octanol–water partition coefficient (Wildman–Crippen LogP) is 6.37. The first-order valence-corrected chi connectivity index (χ1v) is 13.8. The maximum Gasteiger partial charge on any atom is 0.416 e. The van der Waals surface area contributed by atoms with Crippen molar-refractivity contribution in [3.63, 3.8) is 0 Å². The number of halogens is 7. The summed E-state index contributed by atoms with van der Waals surface area (Å²) in [6.07, 6.45) is -9.52. The van der Waals surface area contributed by atoms with Crippen LogP contribution in [-0.2, 0) is 21.9 Å². The molecule has 18 heteroatoms. The number of carbonyl (C=O) groups excluding carboxylic acids is 2. The maximum atomic E-state index is 13.4. The number of aromatic amines is 1. The van der Waals surface area contributed by atoms with Gasteiger partial charge in [0.2, 0.25) is 11.3 Å². The highest BCUT2D eigenvalue weighted by Gasteiger charge is 2.37. The van der Waals surface area contributed by atoms with Gasteiger partial charge in [-0.1, -0.05) is 35.6 Å². The fourth-order valence-corrected chi connectivity index (χ4v) is 5.43. The molecule has 2 heterocycles.